The second-order valence-electron chi connectivity index (χ2n) is 8.48. The van der Waals surface area contributed by atoms with Gasteiger partial charge in [0.25, 0.3) is 0 Å². The number of nitrogens with zero attached hydrogens (tertiary/aromatic N) is 1. The number of ether oxygens (including phenoxy) is 1. The Morgan fingerprint density at radius 2 is 2.12 bits per heavy atom. The van der Waals surface area contributed by atoms with Crippen molar-refractivity contribution in [1.82, 2.24) is 0 Å². The summed E-state index contributed by atoms with van der Waals surface area (Å²) in [4.78, 5) is 18.3. The largest absolute Gasteiger partial charge is 0.511 e. The molecule has 1 saturated heterocycles. The van der Waals surface area contributed by atoms with Crippen molar-refractivity contribution in [3.63, 3.8) is 0 Å². The fourth-order valence-corrected chi connectivity index (χ4v) is 5.50. The molecule has 2 aliphatic rings. The number of aliphatic hydroxyl groups is 1. The number of aliphatic hydroxyl groups excluding tert-OH is 1. The number of ketones is 1. The third-order valence-electron chi connectivity index (χ3n) is 5.81. The minimum Gasteiger partial charge on any atom is -0.511 e. The van der Waals surface area contributed by atoms with Gasteiger partial charge in [0.05, 0.1) is 11.3 Å². The van der Waals surface area contributed by atoms with Crippen LogP contribution in [0.3, 0.4) is 0 Å². The maximum Gasteiger partial charge on any atom is 0.168 e. The maximum absolute atomic E-state index is 13.8. The van der Waals surface area contributed by atoms with E-state index in [4.69, 9.17) is 9.57 Å². The quantitative estimate of drug-likeness (QED) is 0.365. The highest BCUT2D eigenvalue weighted by molar-refractivity contribution is 7.99. The number of Topliss-reactive ketones (excluding diaryl/α,β-unsaturated/α-hetero) is 1. The molecular weight excluding hydrogens is 436 g/mol. The monoisotopic (exact) mass is 467 g/mol. The SMILES string of the molecule is CCCC(=NOCC(C)Oc1ccc(F)cc1F)C1=C(O)CC(C2CCCSC2)CC1=O. The molecule has 3 atom stereocenters. The Labute approximate surface area is 192 Å². The molecule has 1 aliphatic carbocycles. The lowest BCUT2D eigenvalue weighted by molar-refractivity contribution is -0.117. The summed E-state index contributed by atoms with van der Waals surface area (Å²) >= 11 is 1.92. The average Bonchev–Trinajstić information content (AvgIpc) is 2.76. The average molecular weight is 468 g/mol. The van der Waals surface area contributed by atoms with Gasteiger partial charge in [-0.15, -0.1) is 0 Å². The Bertz CT molecular complexity index is 868. The normalized spacial score (nSPS) is 23.2. The van der Waals surface area contributed by atoms with Crippen LogP contribution >= 0.6 is 11.8 Å². The molecule has 1 heterocycles. The molecule has 0 bridgehead atoms. The number of rotatable bonds is 9. The number of benzene rings is 1. The predicted octanol–water partition coefficient (Wildman–Crippen LogP) is 5.84. The molecule has 1 aromatic rings. The van der Waals surface area contributed by atoms with Crippen molar-refractivity contribution < 1.29 is 28.3 Å². The number of halogens is 2. The van der Waals surface area contributed by atoms with Gasteiger partial charge in [0, 0.05) is 18.9 Å². The Morgan fingerprint density at radius 3 is 2.78 bits per heavy atom. The predicted molar refractivity (Wildman–Crippen MR) is 122 cm³/mol. The van der Waals surface area contributed by atoms with Gasteiger partial charge in [0.15, 0.2) is 24.0 Å². The molecule has 0 radical (unpaired) electrons. The van der Waals surface area contributed by atoms with Crippen LogP contribution in [0, 0.1) is 23.5 Å². The molecule has 3 rings (SSSR count). The van der Waals surface area contributed by atoms with Crippen molar-refractivity contribution in [2.24, 2.45) is 17.0 Å². The third kappa shape index (κ3) is 6.47. The van der Waals surface area contributed by atoms with Crippen molar-refractivity contribution in [1.29, 1.82) is 0 Å². The van der Waals surface area contributed by atoms with Gasteiger partial charge in [0.1, 0.15) is 17.7 Å². The van der Waals surface area contributed by atoms with E-state index in [-0.39, 0.29) is 35.4 Å². The number of oxime groups is 1. The fourth-order valence-electron chi connectivity index (χ4n) is 4.22. The molecular formula is C24H31F2NO4S. The summed E-state index contributed by atoms with van der Waals surface area (Å²) < 4.78 is 32.2. The van der Waals surface area contributed by atoms with E-state index >= 15 is 0 Å². The van der Waals surface area contributed by atoms with Crippen molar-refractivity contribution in [3.8, 4) is 5.75 Å². The van der Waals surface area contributed by atoms with Gasteiger partial charge in [0.2, 0.25) is 0 Å². The van der Waals surface area contributed by atoms with Crippen molar-refractivity contribution in [2.75, 3.05) is 18.1 Å². The first kappa shape index (κ1) is 24.6. The summed E-state index contributed by atoms with van der Waals surface area (Å²) in [6.45, 7) is 3.65. The minimum absolute atomic E-state index is 0.00812. The first-order valence-corrected chi connectivity index (χ1v) is 12.4. The summed E-state index contributed by atoms with van der Waals surface area (Å²) in [6.07, 6.45) is 3.88. The Kier molecular flexibility index (Phi) is 8.96. The third-order valence-corrected chi connectivity index (χ3v) is 7.06. The minimum atomic E-state index is -0.791. The van der Waals surface area contributed by atoms with Crippen LogP contribution in [0.1, 0.15) is 52.4 Å². The first-order valence-electron chi connectivity index (χ1n) is 11.2. The second-order valence-corrected chi connectivity index (χ2v) is 9.63. The van der Waals surface area contributed by atoms with E-state index < -0.39 is 17.7 Å². The summed E-state index contributed by atoms with van der Waals surface area (Å²) in [5.74, 6) is 1.35. The Morgan fingerprint density at radius 1 is 1.31 bits per heavy atom. The molecule has 8 heteroatoms. The van der Waals surface area contributed by atoms with E-state index in [1.54, 1.807) is 6.92 Å². The standard InChI is InChI=1S/C24H31F2NO4S/c1-3-5-20(27-30-13-15(2)31-23-8-7-18(25)12-19(23)26)24-21(28)10-17(11-22(24)29)16-6-4-9-32-14-16/h7-8,12,15-17,28H,3-6,9-11,13-14H2,1-2H3. The molecule has 1 aliphatic heterocycles. The van der Waals surface area contributed by atoms with Crippen LogP contribution in [0.25, 0.3) is 0 Å². The summed E-state index contributed by atoms with van der Waals surface area (Å²) in [7, 11) is 0. The molecule has 5 nitrogen and oxygen atoms in total. The van der Waals surface area contributed by atoms with E-state index in [0.29, 0.717) is 30.9 Å². The molecule has 0 spiro atoms. The van der Waals surface area contributed by atoms with E-state index in [2.05, 4.69) is 5.16 Å². The number of carbonyl (C=O) groups is 1. The van der Waals surface area contributed by atoms with Crippen LogP contribution in [0.5, 0.6) is 5.75 Å². The second kappa shape index (κ2) is 11.7. The van der Waals surface area contributed by atoms with Gasteiger partial charge in [-0.25, -0.2) is 8.78 Å². The zero-order valence-electron chi connectivity index (χ0n) is 18.6. The fraction of sp³-hybridized carbons (Fsp3) is 0.583. The summed E-state index contributed by atoms with van der Waals surface area (Å²) in [6, 6.07) is 3.09. The van der Waals surface area contributed by atoms with Crippen LogP contribution in [0.4, 0.5) is 8.78 Å². The lowest BCUT2D eigenvalue weighted by Crippen LogP contribution is -2.31. The molecule has 1 aromatic carbocycles. The molecule has 176 valence electrons. The van der Waals surface area contributed by atoms with Gasteiger partial charge in [-0.05, 0) is 61.7 Å². The highest BCUT2D eigenvalue weighted by atomic mass is 32.2. The van der Waals surface area contributed by atoms with Gasteiger partial charge in [-0.2, -0.15) is 11.8 Å². The van der Waals surface area contributed by atoms with Crippen LogP contribution in [0.15, 0.2) is 34.7 Å². The molecule has 0 amide bonds. The van der Waals surface area contributed by atoms with Crippen LogP contribution in [0.2, 0.25) is 0 Å². The van der Waals surface area contributed by atoms with E-state index in [1.165, 1.54) is 11.8 Å². The number of allylic oxidation sites excluding steroid dienone is 2. The van der Waals surface area contributed by atoms with Gasteiger partial charge in [-0.3, -0.25) is 4.79 Å². The Hall–Kier alpha value is -2.09. The summed E-state index contributed by atoms with van der Waals surface area (Å²) in [5.41, 5.74) is 0.719. The van der Waals surface area contributed by atoms with Crippen LogP contribution in [-0.2, 0) is 9.63 Å². The first-order chi connectivity index (χ1) is 15.4. The maximum atomic E-state index is 13.8. The van der Waals surface area contributed by atoms with Crippen LogP contribution < -0.4 is 4.74 Å². The zero-order valence-corrected chi connectivity index (χ0v) is 19.4. The lowest BCUT2D eigenvalue weighted by Gasteiger charge is -2.32. The zero-order chi connectivity index (χ0) is 23.1. The van der Waals surface area contributed by atoms with E-state index in [0.717, 1.165) is 37.1 Å². The van der Waals surface area contributed by atoms with Crippen molar-refractivity contribution >= 4 is 23.3 Å². The topological polar surface area (TPSA) is 68.1 Å². The molecule has 0 aromatic heterocycles. The number of hydrogen-bond acceptors (Lipinski definition) is 6. The smallest absolute Gasteiger partial charge is 0.168 e. The van der Waals surface area contributed by atoms with Crippen LogP contribution in [-0.4, -0.2) is 40.8 Å². The number of carbonyl (C=O) groups excluding carboxylic acids is 1. The van der Waals surface area contributed by atoms with Crippen molar-refractivity contribution in [3.05, 3.63) is 41.2 Å². The molecule has 3 unspecified atom stereocenters. The van der Waals surface area contributed by atoms with Gasteiger partial charge >= 0.3 is 0 Å². The molecule has 1 N–H and O–H groups in total. The van der Waals surface area contributed by atoms with E-state index in [9.17, 15) is 18.7 Å². The number of hydrogen-bond donors (Lipinski definition) is 1. The molecule has 0 saturated carbocycles. The number of thioether (sulfide) groups is 1. The van der Waals surface area contributed by atoms with E-state index in [1.807, 2.05) is 18.7 Å². The van der Waals surface area contributed by atoms with Gasteiger partial charge < -0.3 is 14.7 Å². The highest BCUT2D eigenvalue weighted by Crippen LogP contribution is 2.38. The molecule has 32 heavy (non-hydrogen) atoms. The summed E-state index contributed by atoms with van der Waals surface area (Å²) in [5, 5.41) is 14.8. The van der Waals surface area contributed by atoms with Gasteiger partial charge in [-0.1, -0.05) is 18.5 Å². The Balaban J connectivity index is 1.63. The highest BCUT2D eigenvalue weighted by Gasteiger charge is 2.35. The molecule has 1 fully saturated rings. The lowest BCUT2D eigenvalue weighted by atomic mass is 9.76. The van der Waals surface area contributed by atoms with Crippen molar-refractivity contribution in [2.45, 2.75) is 58.5 Å².